The number of benzene rings is 1. The lowest BCUT2D eigenvalue weighted by Crippen LogP contribution is -2.42. The van der Waals surface area contributed by atoms with Gasteiger partial charge in [0, 0.05) is 20.2 Å². The summed E-state index contributed by atoms with van der Waals surface area (Å²) < 4.78 is 31.7. The van der Waals surface area contributed by atoms with Gasteiger partial charge in [0.1, 0.15) is 0 Å². The molecule has 0 spiro atoms. The van der Waals surface area contributed by atoms with Crippen LogP contribution in [0.5, 0.6) is 0 Å². The second-order valence-corrected chi connectivity index (χ2v) is 7.19. The molecule has 5 nitrogen and oxygen atoms in total. The lowest BCUT2D eigenvalue weighted by molar-refractivity contribution is 0.0601. The number of likely N-dealkylation sites (N-methyl/N-ethyl adjacent to an activating group) is 1. The third-order valence-electron chi connectivity index (χ3n) is 2.81. The molecule has 6 heteroatoms. The van der Waals surface area contributed by atoms with Crippen molar-refractivity contribution < 1.29 is 18.3 Å². The van der Waals surface area contributed by atoms with Crippen LogP contribution in [-0.4, -0.2) is 43.6 Å². The van der Waals surface area contributed by atoms with Crippen LogP contribution in [0.1, 0.15) is 26.3 Å². The molecule has 0 bridgehead atoms. The van der Waals surface area contributed by atoms with Crippen molar-refractivity contribution in [2.45, 2.75) is 37.9 Å². The summed E-state index contributed by atoms with van der Waals surface area (Å²) in [4.78, 5) is 0.230. The Balaban J connectivity index is 3.21. The Morgan fingerprint density at radius 3 is 2.40 bits per heavy atom. The van der Waals surface area contributed by atoms with E-state index < -0.39 is 15.6 Å². The Kier molecular flexibility index (Phi) is 5.70. The van der Waals surface area contributed by atoms with Crippen LogP contribution in [0.2, 0.25) is 0 Å². The Morgan fingerprint density at radius 2 is 1.90 bits per heavy atom. The van der Waals surface area contributed by atoms with Crippen molar-refractivity contribution in [1.82, 2.24) is 4.31 Å². The highest BCUT2D eigenvalue weighted by molar-refractivity contribution is 7.89. The molecule has 1 aromatic rings. The molecule has 0 aromatic heterocycles. The zero-order valence-electron chi connectivity index (χ0n) is 12.5. The summed E-state index contributed by atoms with van der Waals surface area (Å²) in [5.41, 5.74) is -0.469. The molecular weight excluding hydrogens is 278 g/mol. The number of nitrogens with zero attached hydrogens (tertiary/aromatic N) is 1. The average molecular weight is 301 g/mol. The van der Waals surface area contributed by atoms with Gasteiger partial charge < -0.3 is 9.84 Å². The fourth-order valence-electron chi connectivity index (χ4n) is 1.97. The molecule has 0 amide bonds. The second kappa shape index (κ2) is 6.67. The maximum absolute atomic E-state index is 12.7. The number of aliphatic hydroxyl groups is 1. The SMILES string of the molecule is CCN(CC(C)(C)O)S(=O)(=O)c1ccccc1COC. The maximum Gasteiger partial charge on any atom is 0.243 e. The van der Waals surface area contributed by atoms with Gasteiger partial charge in [0.25, 0.3) is 0 Å². The first kappa shape index (κ1) is 17.1. The van der Waals surface area contributed by atoms with Crippen LogP contribution < -0.4 is 0 Å². The third kappa shape index (κ3) is 4.28. The van der Waals surface area contributed by atoms with Gasteiger partial charge in [-0.05, 0) is 25.5 Å². The van der Waals surface area contributed by atoms with E-state index in [1.807, 2.05) is 0 Å². The van der Waals surface area contributed by atoms with Gasteiger partial charge in [0.05, 0.1) is 17.1 Å². The first-order chi connectivity index (χ1) is 9.22. The summed E-state index contributed by atoms with van der Waals surface area (Å²) in [5, 5.41) is 9.87. The second-order valence-electron chi connectivity index (χ2n) is 5.28. The minimum Gasteiger partial charge on any atom is -0.389 e. The van der Waals surface area contributed by atoms with Gasteiger partial charge in [-0.25, -0.2) is 8.42 Å². The molecule has 1 N–H and O–H groups in total. The standard InChI is InChI=1S/C14H23NO4S/c1-5-15(11-14(2,3)16)20(17,18)13-9-7-6-8-12(13)10-19-4/h6-9,16H,5,10-11H2,1-4H3. The molecule has 0 fully saturated rings. The van der Waals surface area contributed by atoms with Crippen molar-refractivity contribution in [3.8, 4) is 0 Å². The summed E-state index contributed by atoms with van der Waals surface area (Å²) in [6.45, 7) is 5.51. The molecule has 0 saturated heterocycles. The number of ether oxygens (including phenoxy) is 1. The van der Waals surface area contributed by atoms with Gasteiger partial charge in [-0.15, -0.1) is 0 Å². The first-order valence-corrected chi connectivity index (χ1v) is 7.95. The normalized spacial score (nSPS) is 12.9. The maximum atomic E-state index is 12.7. The molecule has 1 rings (SSSR count). The van der Waals surface area contributed by atoms with Crippen LogP contribution in [0.15, 0.2) is 29.2 Å². The number of sulfonamides is 1. The third-order valence-corrected chi connectivity index (χ3v) is 4.83. The van der Waals surface area contributed by atoms with Crippen molar-refractivity contribution in [3.05, 3.63) is 29.8 Å². The van der Waals surface area contributed by atoms with Gasteiger partial charge in [-0.2, -0.15) is 4.31 Å². The van der Waals surface area contributed by atoms with Gasteiger partial charge >= 0.3 is 0 Å². The van der Waals surface area contributed by atoms with Gasteiger partial charge in [0.2, 0.25) is 10.0 Å². The van der Waals surface area contributed by atoms with E-state index in [4.69, 9.17) is 4.74 Å². The Hall–Kier alpha value is -0.950. The number of hydrogen-bond donors (Lipinski definition) is 1. The van der Waals surface area contributed by atoms with Crippen molar-refractivity contribution in [1.29, 1.82) is 0 Å². The number of hydrogen-bond acceptors (Lipinski definition) is 4. The summed E-state index contributed by atoms with van der Waals surface area (Å²) >= 11 is 0. The van der Waals surface area contributed by atoms with Crippen LogP contribution >= 0.6 is 0 Å². The molecule has 0 aliphatic rings. The fourth-order valence-corrected chi connectivity index (χ4v) is 3.78. The smallest absolute Gasteiger partial charge is 0.243 e. The summed E-state index contributed by atoms with van der Waals surface area (Å²) in [6.07, 6.45) is 0. The van der Waals surface area contributed by atoms with Crippen LogP contribution in [0.25, 0.3) is 0 Å². The van der Waals surface area contributed by atoms with Crippen molar-refractivity contribution in [2.75, 3.05) is 20.2 Å². The molecule has 20 heavy (non-hydrogen) atoms. The minimum absolute atomic E-state index is 0.0488. The van der Waals surface area contributed by atoms with Crippen LogP contribution in [0, 0.1) is 0 Å². The highest BCUT2D eigenvalue weighted by Gasteiger charge is 2.29. The number of methoxy groups -OCH3 is 1. The average Bonchev–Trinajstić information content (AvgIpc) is 2.35. The zero-order valence-corrected chi connectivity index (χ0v) is 13.3. The summed E-state index contributed by atoms with van der Waals surface area (Å²) in [5.74, 6) is 0. The molecule has 0 unspecified atom stereocenters. The monoisotopic (exact) mass is 301 g/mol. The van der Waals surface area contributed by atoms with E-state index in [0.29, 0.717) is 12.1 Å². The predicted molar refractivity (Wildman–Crippen MR) is 77.9 cm³/mol. The molecule has 0 saturated carbocycles. The molecule has 0 radical (unpaired) electrons. The van der Waals surface area contributed by atoms with Gasteiger partial charge in [-0.3, -0.25) is 0 Å². The van der Waals surface area contributed by atoms with E-state index in [1.165, 1.54) is 11.4 Å². The van der Waals surface area contributed by atoms with E-state index >= 15 is 0 Å². The first-order valence-electron chi connectivity index (χ1n) is 6.51. The molecule has 1 aromatic carbocycles. The molecule has 114 valence electrons. The van der Waals surface area contributed by atoms with Crippen molar-refractivity contribution >= 4 is 10.0 Å². The van der Waals surface area contributed by atoms with Crippen LogP contribution in [0.4, 0.5) is 0 Å². The number of rotatable bonds is 7. The van der Waals surface area contributed by atoms with E-state index in [0.717, 1.165) is 0 Å². The minimum atomic E-state index is -3.64. The molecular formula is C14H23NO4S. The highest BCUT2D eigenvalue weighted by Crippen LogP contribution is 2.22. The lowest BCUT2D eigenvalue weighted by Gasteiger charge is -2.28. The summed E-state index contributed by atoms with van der Waals surface area (Å²) in [6, 6.07) is 6.76. The molecule has 0 heterocycles. The van der Waals surface area contributed by atoms with Gasteiger partial charge in [0.15, 0.2) is 0 Å². The van der Waals surface area contributed by atoms with Gasteiger partial charge in [-0.1, -0.05) is 25.1 Å². The van der Waals surface area contributed by atoms with Crippen LogP contribution in [-0.2, 0) is 21.4 Å². The van der Waals surface area contributed by atoms with Crippen molar-refractivity contribution in [2.24, 2.45) is 0 Å². The zero-order chi connectivity index (χ0) is 15.4. The topological polar surface area (TPSA) is 66.8 Å². The van der Waals surface area contributed by atoms with Crippen molar-refractivity contribution in [3.63, 3.8) is 0 Å². The molecule has 0 aliphatic carbocycles. The predicted octanol–water partition coefficient (Wildman–Crippen LogP) is 1.61. The Morgan fingerprint density at radius 1 is 1.30 bits per heavy atom. The summed E-state index contributed by atoms with van der Waals surface area (Å²) in [7, 11) is -2.12. The highest BCUT2D eigenvalue weighted by atomic mass is 32.2. The lowest BCUT2D eigenvalue weighted by atomic mass is 10.1. The quantitative estimate of drug-likeness (QED) is 0.831. The van der Waals surface area contributed by atoms with E-state index in [2.05, 4.69) is 0 Å². The fraction of sp³-hybridized carbons (Fsp3) is 0.571. The van der Waals surface area contributed by atoms with E-state index in [9.17, 15) is 13.5 Å². The largest absolute Gasteiger partial charge is 0.389 e. The molecule has 0 aliphatic heterocycles. The van der Waals surface area contributed by atoms with Crippen LogP contribution in [0.3, 0.4) is 0 Å². The van der Waals surface area contributed by atoms with E-state index in [1.54, 1.807) is 45.0 Å². The molecule has 0 atom stereocenters. The Labute approximate surface area is 121 Å². The van der Waals surface area contributed by atoms with E-state index in [-0.39, 0.29) is 18.0 Å². The Bertz CT molecular complexity index is 534.